The van der Waals surface area contributed by atoms with Crippen molar-refractivity contribution in [1.82, 2.24) is 0 Å². The average Bonchev–Trinajstić information content (AvgIpc) is 2.93. The van der Waals surface area contributed by atoms with Gasteiger partial charge in [-0.25, -0.2) is 0 Å². The molecule has 136 valence electrons. The first-order valence-electron chi connectivity index (χ1n) is 9.26. The molecule has 0 bridgehead atoms. The van der Waals surface area contributed by atoms with Crippen molar-refractivity contribution >= 4 is 5.69 Å². The van der Waals surface area contributed by atoms with Gasteiger partial charge in [-0.05, 0) is 44.0 Å². The molecule has 0 saturated heterocycles. The number of aliphatic hydroxyl groups excluding tert-OH is 1. The highest BCUT2D eigenvalue weighted by atomic mass is 16.5. The molecule has 4 rings (SSSR count). The number of phenols is 1. The molecule has 1 aromatic rings. The summed E-state index contributed by atoms with van der Waals surface area (Å²) in [6, 6.07) is 7.10. The maximum absolute atomic E-state index is 11.0. The van der Waals surface area contributed by atoms with Crippen molar-refractivity contribution in [1.29, 1.82) is 0 Å². The molecule has 2 aliphatic heterocycles. The minimum atomic E-state index is 0.175. The van der Waals surface area contributed by atoms with Crippen molar-refractivity contribution in [2.75, 3.05) is 11.4 Å². The lowest BCUT2D eigenvalue weighted by atomic mass is 9.80. The number of anilines is 1. The molecular weight excluding hydrogens is 326 g/mol. The zero-order chi connectivity index (χ0) is 18.3. The van der Waals surface area contributed by atoms with Gasteiger partial charge >= 0.3 is 0 Å². The summed E-state index contributed by atoms with van der Waals surface area (Å²) in [7, 11) is 0. The molecule has 0 saturated carbocycles. The molecule has 4 heteroatoms. The van der Waals surface area contributed by atoms with Gasteiger partial charge in [0.1, 0.15) is 17.3 Å². The van der Waals surface area contributed by atoms with Crippen LogP contribution in [-0.2, 0) is 4.74 Å². The molecule has 0 spiro atoms. The predicted octanol–water partition coefficient (Wildman–Crippen LogP) is 4.96. The monoisotopic (exact) mass is 351 g/mol. The number of fused-ring (bicyclic) bond motifs is 1. The quantitative estimate of drug-likeness (QED) is 0.756. The van der Waals surface area contributed by atoms with Crippen LogP contribution >= 0.6 is 0 Å². The summed E-state index contributed by atoms with van der Waals surface area (Å²) in [5, 5.41) is 20.6. The first kappa shape index (κ1) is 16.8. The van der Waals surface area contributed by atoms with Crippen molar-refractivity contribution in [3.05, 3.63) is 71.4 Å². The van der Waals surface area contributed by atoms with Gasteiger partial charge in [-0.1, -0.05) is 11.6 Å². The zero-order valence-electron chi connectivity index (χ0n) is 15.1. The molecule has 1 aromatic carbocycles. The van der Waals surface area contributed by atoms with Crippen LogP contribution in [0.5, 0.6) is 5.75 Å². The fourth-order valence-electron chi connectivity index (χ4n) is 4.36. The van der Waals surface area contributed by atoms with E-state index in [1.807, 2.05) is 24.4 Å². The van der Waals surface area contributed by atoms with Gasteiger partial charge in [-0.15, -0.1) is 6.58 Å². The number of rotatable bonds is 3. The summed E-state index contributed by atoms with van der Waals surface area (Å²) in [6.07, 6.45) is 7.52. The molecular formula is C22H25NO3. The number of nitrogens with zero attached hydrogens (tertiary/aromatic N) is 1. The maximum atomic E-state index is 11.0. The lowest BCUT2D eigenvalue weighted by Gasteiger charge is -2.28. The molecule has 2 atom stereocenters. The van der Waals surface area contributed by atoms with E-state index in [0.717, 1.165) is 49.2 Å². The predicted molar refractivity (Wildman–Crippen MR) is 103 cm³/mol. The number of benzene rings is 1. The first-order valence-corrected chi connectivity index (χ1v) is 9.26. The molecule has 2 unspecified atom stereocenters. The van der Waals surface area contributed by atoms with Crippen LogP contribution in [0.1, 0.15) is 32.6 Å². The number of hydrogen-bond donors (Lipinski definition) is 2. The van der Waals surface area contributed by atoms with Gasteiger partial charge < -0.3 is 19.8 Å². The second kappa shape index (κ2) is 6.60. The van der Waals surface area contributed by atoms with Gasteiger partial charge in [0.05, 0.1) is 6.10 Å². The highest BCUT2D eigenvalue weighted by Crippen LogP contribution is 2.46. The van der Waals surface area contributed by atoms with Crippen LogP contribution in [-0.4, -0.2) is 22.9 Å². The van der Waals surface area contributed by atoms with Gasteiger partial charge in [0.2, 0.25) is 0 Å². The molecule has 0 fully saturated rings. The van der Waals surface area contributed by atoms with Crippen molar-refractivity contribution in [2.24, 2.45) is 5.92 Å². The van der Waals surface area contributed by atoms with Crippen LogP contribution in [0.2, 0.25) is 0 Å². The molecule has 2 N–H and O–H groups in total. The smallest absolute Gasteiger partial charge is 0.139 e. The first-order chi connectivity index (χ1) is 12.6. The van der Waals surface area contributed by atoms with E-state index < -0.39 is 0 Å². The Balaban J connectivity index is 1.77. The van der Waals surface area contributed by atoms with Gasteiger partial charge in [-0.3, -0.25) is 0 Å². The standard InChI is InChI=1S/C22H25NO3/c1-3-4-15-12-23(16-5-7-17(24)8-6-16)13-20(25)22-18(15)9-10-21-19(22)11-14(2)26-21/h3,5-8,13-15,24-25H,1,4,9-12H2,2H3. The third-order valence-electron chi connectivity index (χ3n) is 5.49. The summed E-state index contributed by atoms with van der Waals surface area (Å²) >= 11 is 0. The summed E-state index contributed by atoms with van der Waals surface area (Å²) in [5.41, 5.74) is 4.43. The second-order valence-electron chi connectivity index (χ2n) is 7.34. The molecule has 1 aliphatic carbocycles. The van der Waals surface area contributed by atoms with E-state index in [0.29, 0.717) is 11.7 Å². The number of aliphatic hydroxyl groups is 1. The summed E-state index contributed by atoms with van der Waals surface area (Å²) < 4.78 is 5.97. The van der Waals surface area contributed by atoms with Crippen LogP contribution in [0.4, 0.5) is 5.69 Å². The molecule has 0 radical (unpaired) electrons. The molecule has 2 heterocycles. The topological polar surface area (TPSA) is 52.9 Å². The lowest BCUT2D eigenvalue weighted by Crippen LogP contribution is -2.25. The third-order valence-corrected chi connectivity index (χ3v) is 5.49. The van der Waals surface area contributed by atoms with Crippen molar-refractivity contribution < 1.29 is 14.9 Å². The van der Waals surface area contributed by atoms with E-state index in [2.05, 4.69) is 18.4 Å². The zero-order valence-corrected chi connectivity index (χ0v) is 15.1. The van der Waals surface area contributed by atoms with Crippen molar-refractivity contribution in [3.8, 4) is 5.75 Å². The molecule has 3 aliphatic rings. The minimum Gasteiger partial charge on any atom is -0.508 e. The van der Waals surface area contributed by atoms with E-state index >= 15 is 0 Å². The summed E-state index contributed by atoms with van der Waals surface area (Å²) in [6.45, 7) is 6.80. The Kier molecular flexibility index (Phi) is 4.27. The number of aromatic hydroxyl groups is 1. The number of phenolic OH excluding ortho intramolecular Hbond substituents is 1. The molecule has 4 nitrogen and oxygen atoms in total. The number of hydrogen-bond acceptors (Lipinski definition) is 4. The largest absolute Gasteiger partial charge is 0.508 e. The second-order valence-corrected chi connectivity index (χ2v) is 7.34. The Bertz CT molecular complexity index is 816. The lowest BCUT2D eigenvalue weighted by molar-refractivity contribution is 0.152. The Morgan fingerprint density at radius 2 is 2.00 bits per heavy atom. The van der Waals surface area contributed by atoms with Gasteiger partial charge in [0, 0.05) is 48.3 Å². The molecule has 26 heavy (non-hydrogen) atoms. The maximum Gasteiger partial charge on any atom is 0.139 e. The van der Waals surface area contributed by atoms with E-state index in [1.54, 1.807) is 12.1 Å². The van der Waals surface area contributed by atoms with Gasteiger partial charge in [-0.2, -0.15) is 0 Å². The fraction of sp³-hybridized carbons (Fsp3) is 0.364. The van der Waals surface area contributed by atoms with E-state index in [9.17, 15) is 10.2 Å². The molecule has 0 aromatic heterocycles. The Morgan fingerprint density at radius 1 is 1.23 bits per heavy atom. The van der Waals surface area contributed by atoms with Crippen molar-refractivity contribution in [3.63, 3.8) is 0 Å². The summed E-state index contributed by atoms with van der Waals surface area (Å²) in [4.78, 5) is 2.07. The van der Waals surface area contributed by atoms with Crippen LogP contribution < -0.4 is 4.90 Å². The summed E-state index contributed by atoms with van der Waals surface area (Å²) in [5.74, 6) is 1.89. The van der Waals surface area contributed by atoms with E-state index in [4.69, 9.17) is 4.74 Å². The molecule has 0 amide bonds. The Morgan fingerprint density at radius 3 is 2.73 bits per heavy atom. The Labute approximate surface area is 154 Å². The highest BCUT2D eigenvalue weighted by Gasteiger charge is 2.36. The van der Waals surface area contributed by atoms with E-state index in [-0.39, 0.29) is 11.9 Å². The van der Waals surface area contributed by atoms with Crippen LogP contribution in [0.25, 0.3) is 0 Å². The van der Waals surface area contributed by atoms with Crippen LogP contribution in [0, 0.1) is 5.92 Å². The highest BCUT2D eigenvalue weighted by molar-refractivity contribution is 5.59. The van der Waals surface area contributed by atoms with Gasteiger partial charge in [0.25, 0.3) is 0 Å². The number of ether oxygens (including phenoxy) is 1. The Hall–Kier alpha value is -2.62. The minimum absolute atomic E-state index is 0.175. The SMILES string of the molecule is C=CCC1CN(c2ccc(O)cc2)C=C(O)C2=C1CCC1=C2CC(C)O1. The van der Waals surface area contributed by atoms with Gasteiger partial charge in [0.15, 0.2) is 0 Å². The average molecular weight is 351 g/mol. The van der Waals surface area contributed by atoms with Crippen molar-refractivity contribution in [2.45, 2.75) is 38.7 Å². The normalized spacial score (nSPS) is 25.3. The van der Waals surface area contributed by atoms with E-state index in [1.165, 1.54) is 11.1 Å². The van der Waals surface area contributed by atoms with Crippen LogP contribution in [0.15, 0.2) is 71.4 Å². The fourth-order valence-corrected chi connectivity index (χ4v) is 4.36. The third kappa shape index (κ3) is 2.90. The number of allylic oxidation sites excluding steroid dienone is 3. The van der Waals surface area contributed by atoms with Crippen LogP contribution in [0.3, 0.4) is 0 Å².